The Bertz CT molecular complexity index is 1330. The molecule has 4 nitrogen and oxygen atoms in total. The molecule has 2 aliphatic rings. The molecule has 0 bridgehead atoms. The summed E-state index contributed by atoms with van der Waals surface area (Å²) in [6.07, 6.45) is 6.63. The largest absolute Gasteiger partial charge is 0.338 e. The van der Waals surface area contributed by atoms with E-state index in [0.29, 0.717) is 21.3 Å². The Morgan fingerprint density at radius 2 is 2.00 bits per heavy atom. The summed E-state index contributed by atoms with van der Waals surface area (Å²) in [5, 5.41) is 10.0. The van der Waals surface area contributed by atoms with Crippen LogP contribution in [0.25, 0.3) is 0 Å². The maximum absolute atomic E-state index is 13.2. The number of hydrogen-bond acceptors (Lipinski definition) is 3. The van der Waals surface area contributed by atoms with E-state index >= 15 is 0 Å². The van der Waals surface area contributed by atoms with Crippen LogP contribution >= 0.6 is 23.2 Å². The van der Waals surface area contributed by atoms with Gasteiger partial charge in [-0.2, -0.15) is 5.26 Å². The highest BCUT2D eigenvalue weighted by Crippen LogP contribution is 2.71. The van der Waals surface area contributed by atoms with Crippen molar-refractivity contribution >= 4 is 29.1 Å². The normalized spacial score (nSPS) is 22.9. The van der Waals surface area contributed by atoms with E-state index in [4.69, 9.17) is 23.2 Å². The van der Waals surface area contributed by atoms with Crippen molar-refractivity contribution in [2.75, 3.05) is 13.1 Å². The number of amides is 1. The lowest BCUT2D eigenvalue weighted by Crippen LogP contribution is -2.30. The molecule has 0 unspecified atom stereocenters. The van der Waals surface area contributed by atoms with Crippen LogP contribution in [-0.4, -0.2) is 28.9 Å². The van der Waals surface area contributed by atoms with Crippen molar-refractivity contribution in [1.82, 2.24) is 9.88 Å². The molecule has 1 aliphatic heterocycles. The second kappa shape index (κ2) is 9.30. The standard InChI is InChI=1S/C29H27Cl2N3O/c1-20-4-2-3-5-23(20)16-28(10-8-21-6-7-24(17-32)25(30)14-21)18-29(28)11-13-34(19-29)27(35)22-9-12-33-26(31)15-22/h2-7,9,12,14-15H,8,10-11,13,16,18-19H2,1H3/t28-,29+/m1/s1. The molecule has 0 N–H and O–H groups in total. The molecule has 2 fully saturated rings. The lowest BCUT2D eigenvalue weighted by Gasteiger charge is -2.25. The summed E-state index contributed by atoms with van der Waals surface area (Å²) in [5.74, 6) is 0.0294. The lowest BCUT2D eigenvalue weighted by atomic mass is 9.81. The molecule has 2 atom stereocenters. The van der Waals surface area contributed by atoms with E-state index in [1.54, 1.807) is 18.3 Å². The molecule has 1 amide bonds. The van der Waals surface area contributed by atoms with Gasteiger partial charge in [-0.15, -0.1) is 0 Å². The number of carbonyl (C=O) groups is 1. The zero-order valence-electron chi connectivity index (χ0n) is 19.7. The number of likely N-dealkylation sites (tertiary alicyclic amines) is 1. The van der Waals surface area contributed by atoms with Crippen LogP contribution in [0.5, 0.6) is 0 Å². The minimum atomic E-state index is 0.0294. The first-order valence-electron chi connectivity index (χ1n) is 12.0. The molecule has 5 rings (SSSR count). The van der Waals surface area contributed by atoms with Gasteiger partial charge in [0.1, 0.15) is 11.2 Å². The van der Waals surface area contributed by atoms with E-state index in [2.05, 4.69) is 42.2 Å². The Labute approximate surface area is 216 Å². The minimum Gasteiger partial charge on any atom is -0.338 e. The Morgan fingerprint density at radius 1 is 1.17 bits per heavy atom. The number of hydrogen-bond donors (Lipinski definition) is 0. The predicted octanol–water partition coefficient (Wildman–Crippen LogP) is 6.67. The van der Waals surface area contributed by atoms with Gasteiger partial charge in [0.05, 0.1) is 10.6 Å². The number of halogens is 2. The van der Waals surface area contributed by atoms with E-state index in [0.717, 1.165) is 50.8 Å². The molecule has 3 aromatic rings. The molecule has 1 spiro atoms. The van der Waals surface area contributed by atoms with E-state index in [9.17, 15) is 10.1 Å². The maximum Gasteiger partial charge on any atom is 0.254 e. The first-order chi connectivity index (χ1) is 16.8. The highest BCUT2D eigenvalue weighted by Gasteiger charge is 2.68. The first kappa shape index (κ1) is 23.9. The number of nitrogens with zero attached hydrogens (tertiary/aromatic N) is 3. The number of carbonyl (C=O) groups excluding carboxylic acids is 1. The van der Waals surface area contributed by atoms with Gasteiger partial charge in [-0.05, 0) is 90.8 Å². The van der Waals surface area contributed by atoms with Crippen LogP contribution in [0, 0.1) is 29.1 Å². The van der Waals surface area contributed by atoms with Crippen molar-refractivity contribution in [1.29, 1.82) is 5.26 Å². The van der Waals surface area contributed by atoms with Crippen LogP contribution in [0.3, 0.4) is 0 Å². The predicted molar refractivity (Wildman–Crippen MR) is 139 cm³/mol. The fourth-order valence-corrected chi connectivity index (χ4v) is 6.42. The smallest absolute Gasteiger partial charge is 0.254 e. The lowest BCUT2D eigenvalue weighted by molar-refractivity contribution is 0.0780. The van der Waals surface area contributed by atoms with Crippen LogP contribution in [0.2, 0.25) is 10.2 Å². The third-order valence-electron chi connectivity index (χ3n) is 8.13. The third kappa shape index (κ3) is 4.56. The number of pyridine rings is 1. The quantitative estimate of drug-likeness (QED) is 0.353. The van der Waals surface area contributed by atoms with Crippen LogP contribution < -0.4 is 0 Å². The zero-order chi connectivity index (χ0) is 24.6. The molecule has 1 aromatic heterocycles. The maximum atomic E-state index is 13.2. The average Bonchev–Trinajstić information content (AvgIpc) is 3.22. The van der Waals surface area contributed by atoms with Gasteiger partial charge in [0.2, 0.25) is 0 Å². The summed E-state index contributed by atoms with van der Waals surface area (Å²) < 4.78 is 0. The van der Waals surface area contributed by atoms with Gasteiger partial charge in [-0.3, -0.25) is 4.79 Å². The second-order valence-corrected chi connectivity index (χ2v) is 10.9. The minimum absolute atomic E-state index is 0.0294. The zero-order valence-corrected chi connectivity index (χ0v) is 21.2. The van der Waals surface area contributed by atoms with Gasteiger partial charge in [-0.25, -0.2) is 4.98 Å². The van der Waals surface area contributed by atoms with E-state index in [1.165, 1.54) is 11.1 Å². The van der Waals surface area contributed by atoms with Crippen molar-refractivity contribution in [2.24, 2.45) is 10.8 Å². The Kier molecular flexibility index (Phi) is 6.34. The highest BCUT2D eigenvalue weighted by atomic mass is 35.5. The number of benzene rings is 2. The Balaban J connectivity index is 1.38. The summed E-state index contributed by atoms with van der Waals surface area (Å²) >= 11 is 12.3. The van der Waals surface area contributed by atoms with Gasteiger partial charge in [0, 0.05) is 24.8 Å². The summed E-state index contributed by atoms with van der Waals surface area (Å²) in [5.41, 5.74) is 5.20. The molecule has 2 heterocycles. The first-order valence-corrected chi connectivity index (χ1v) is 12.7. The van der Waals surface area contributed by atoms with Gasteiger partial charge < -0.3 is 4.90 Å². The van der Waals surface area contributed by atoms with Gasteiger partial charge >= 0.3 is 0 Å². The molecule has 1 saturated carbocycles. The molecule has 1 saturated heterocycles. The second-order valence-electron chi connectivity index (χ2n) is 10.1. The fraction of sp³-hybridized carbons (Fsp3) is 0.345. The van der Waals surface area contributed by atoms with Gasteiger partial charge in [-0.1, -0.05) is 53.5 Å². The number of aryl methyl sites for hydroxylation is 2. The third-order valence-corrected chi connectivity index (χ3v) is 8.65. The average molecular weight is 504 g/mol. The van der Waals surface area contributed by atoms with E-state index < -0.39 is 0 Å². The topological polar surface area (TPSA) is 57.0 Å². The molecular formula is C29H27Cl2N3O. The SMILES string of the molecule is Cc1ccccc1C[C@]1(CCc2ccc(C#N)c(Cl)c2)C[C@]12CCN(C(=O)c1ccnc(Cl)c1)C2. The summed E-state index contributed by atoms with van der Waals surface area (Å²) in [7, 11) is 0. The molecule has 6 heteroatoms. The van der Waals surface area contributed by atoms with Crippen molar-refractivity contribution in [3.8, 4) is 6.07 Å². The number of aromatic nitrogens is 1. The number of nitriles is 1. The summed E-state index contributed by atoms with van der Waals surface area (Å²) in [6.45, 7) is 3.71. The summed E-state index contributed by atoms with van der Waals surface area (Å²) in [6, 6.07) is 19.9. The molecular weight excluding hydrogens is 477 g/mol. The monoisotopic (exact) mass is 503 g/mol. The van der Waals surface area contributed by atoms with Crippen LogP contribution in [0.1, 0.15) is 51.9 Å². The van der Waals surface area contributed by atoms with Crippen molar-refractivity contribution in [3.05, 3.63) is 98.8 Å². The van der Waals surface area contributed by atoms with Crippen molar-refractivity contribution < 1.29 is 4.79 Å². The number of rotatable bonds is 6. The van der Waals surface area contributed by atoms with E-state index in [-0.39, 0.29) is 16.7 Å². The van der Waals surface area contributed by atoms with E-state index in [1.807, 2.05) is 23.1 Å². The highest BCUT2D eigenvalue weighted by molar-refractivity contribution is 6.31. The molecule has 1 aliphatic carbocycles. The van der Waals surface area contributed by atoms with Crippen LogP contribution in [0.4, 0.5) is 0 Å². The van der Waals surface area contributed by atoms with Crippen molar-refractivity contribution in [2.45, 2.75) is 39.0 Å². The molecule has 0 radical (unpaired) electrons. The van der Waals surface area contributed by atoms with Gasteiger partial charge in [0.15, 0.2) is 0 Å². The van der Waals surface area contributed by atoms with Crippen LogP contribution in [-0.2, 0) is 12.8 Å². The Hall–Kier alpha value is -2.87. The summed E-state index contributed by atoms with van der Waals surface area (Å²) in [4.78, 5) is 19.2. The molecule has 178 valence electrons. The fourth-order valence-electron chi connectivity index (χ4n) is 6.00. The molecule has 35 heavy (non-hydrogen) atoms. The van der Waals surface area contributed by atoms with Gasteiger partial charge in [0.25, 0.3) is 5.91 Å². The molecule has 2 aromatic carbocycles. The van der Waals surface area contributed by atoms with Crippen LogP contribution in [0.15, 0.2) is 60.8 Å². The van der Waals surface area contributed by atoms with Crippen molar-refractivity contribution in [3.63, 3.8) is 0 Å². The Morgan fingerprint density at radius 3 is 2.74 bits per heavy atom.